The summed E-state index contributed by atoms with van der Waals surface area (Å²) in [6, 6.07) is 3.41. The number of nitrogens with one attached hydrogen (secondary N) is 1. The van der Waals surface area contributed by atoms with E-state index in [-0.39, 0.29) is 17.7 Å². The van der Waals surface area contributed by atoms with E-state index >= 15 is 0 Å². The molecule has 0 bridgehead atoms. The molecule has 5 nitrogen and oxygen atoms in total. The molecule has 1 heterocycles. The van der Waals surface area contributed by atoms with Crippen molar-refractivity contribution in [3.63, 3.8) is 0 Å². The van der Waals surface area contributed by atoms with E-state index in [1.807, 2.05) is 0 Å². The largest absolute Gasteiger partial charge is 0.359 e. The van der Waals surface area contributed by atoms with Crippen molar-refractivity contribution in [2.75, 3.05) is 20.6 Å². The SMILES string of the molecule is CNC(=O)C(C)CN(C)C(=O)c1ccc(Br)cn1. The maximum atomic E-state index is 12.0. The van der Waals surface area contributed by atoms with Crippen LogP contribution < -0.4 is 5.32 Å². The summed E-state index contributed by atoms with van der Waals surface area (Å²) in [5, 5.41) is 2.56. The molecule has 0 radical (unpaired) electrons. The Morgan fingerprint density at radius 3 is 2.67 bits per heavy atom. The minimum Gasteiger partial charge on any atom is -0.359 e. The second-order valence-electron chi connectivity index (χ2n) is 4.06. The van der Waals surface area contributed by atoms with Crippen LogP contribution in [0, 0.1) is 5.92 Å². The molecule has 18 heavy (non-hydrogen) atoms. The lowest BCUT2D eigenvalue weighted by atomic mass is 10.1. The van der Waals surface area contributed by atoms with E-state index in [0.717, 1.165) is 4.47 Å². The predicted molar refractivity (Wildman–Crippen MR) is 72.1 cm³/mol. The average Bonchev–Trinajstić information content (AvgIpc) is 2.37. The molecule has 0 spiro atoms. The molecule has 0 aliphatic carbocycles. The quantitative estimate of drug-likeness (QED) is 0.911. The van der Waals surface area contributed by atoms with Crippen LogP contribution in [0.25, 0.3) is 0 Å². The van der Waals surface area contributed by atoms with Gasteiger partial charge in [-0.1, -0.05) is 6.92 Å². The first-order valence-corrected chi connectivity index (χ1v) is 6.33. The molecule has 0 fully saturated rings. The summed E-state index contributed by atoms with van der Waals surface area (Å²) in [6.07, 6.45) is 1.57. The summed E-state index contributed by atoms with van der Waals surface area (Å²) < 4.78 is 0.820. The van der Waals surface area contributed by atoms with E-state index in [1.54, 1.807) is 39.3 Å². The van der Waals surface area contributed by atoms with Crippen molar-refractivity contribution in [3.05, 3.63) is 28.5 Å². The highest BCUT2D eigenvalue weighted by molar-refractivity contribution is 9.10. The standard InChI is InChI=1S/C12H16BrN3O2/c1-8(11(17)14-2)7-16(3)12(18)10-5-4-9(13)6-15-10/h4-6,8H,7H2,1-3H3,(H,14,17). The van der Waals surface area contributed by atoms with E-state index in [2.05, 4.69) is 26.2 Å². The molecule has 0 saturated heterocycles. The number of halogens is 1. The number of aromatic nitrogens is 1. The summed E-state index contributed by atoms with van der Waals surface area (Å²) in [5.74, 6) is -0.531. The molecule has 98 valence electrons. The third-order valence-corrected chi connectivity index (χ3v) is 3.00. The second-order valence-corrected chi connectivity index (χ2v) is 4.98. The van der Waals surface area contributed by atoms with Gasteiger partial charge in [-0.3, -0.25) is 9.59 Å². The summed E-state index contributed by atoms with van der Waals surface area (Å²) >= 11 is 3.26. The Hall–Kier alpha value is -1.43. The zero-order valence-electron chi connectivity index (χ0n) is 10.6. The smallest absolute Gasteiger partial charge is 0.272 e. The molecule has 0 aliphatic heterocycles. The number of carbonyl (C=O) groups excluding carboxylic acids is 2. The number of pyridine rings is 1. The lowest BCUT2D eigenvalue weighted by Crippen LogP contribution is -2.37. The van der Waals surface area contributed by atoms with Crippen molar-refractivity contribution in [2.45, 2.75) is 6.92 Å². The first kappa shape index (κ1) is 14.6. The lowest BCUT2D eigenvalue weighted by Gasteiger charge is -2.20. The van der Waals surface area contributed by atoms with E-state index < -0.39 is 0 Å². The minimum absolute atomic E-state index is 0.0848. The van der Waals surface area contributed by atoms with Crippen LogP contribution in [-0.4, -0.2) is 42.3 Å². The van der Waals surface area contributed by atoms with Crippen LogP contribution in [0.4, 0.5) is 0 Å². The fourth-order valence-electron chi connectivity index (χ4n) is 1.52. The number of hydrogen-bond donors (Lipinski definition) is 1. The van der Waals surface area contributed by atoms with Gasteiger partial charge in [-0.25, -0.2) is 4.98 Å². The van der Waals surface area contributed by atoms with E-state index in [9.17, 15) is 9.59 Å². The van der Waals surface area contributed by atoms with Gasteiger partial charge in [0.25, 0.3) is 5.91 Å². The fourth-order valence-corrected chi connectivity index (χ4v) is 1.76. The third kappa shape index (κ3) is 3.80. The Morgan fingerprint density at radius 1 is 1.50 bits per heavy atom. The molecule has 1 aromatic rings. The highest BCUT2D eigenvalue weighted by Gasteiger charge is 2.18. The van der Waals surface area contributed by atoms with Gasteiger partial charge in [-0.15, -0.1) is 0 Å². The van der Waals surface area contributed by atoms with Crippen molar-refractivity contribution in [1.82, 2.24) is 15.2 Å². The van der Waals surface area contributed by atoms with Crippen molar-refractivity contribution >= 4 is 27.7 Å². The van der Waals surface area contributed by atoms with Gasteiger partial charge in [0.1, 0.15) is 5.69 Å². The van der Waals surface area contributed by atoms with Gasteiger partial charge in [0.05, 0.1) is 5.92 Å². The van der Waals surface area contributed by atoms with Gasteiger partial charge >= 0.3 is 0 Å². The maximum absolute atomic E-state index is 12.0. The van der Waals surface area contributed by atoms with Crippen LogP contribution in [0.5, 0.6) is 0 Å². The first-order chi connectivity index (χ1) is 8.45. The Balaban J connectivity index is 2.67. The average molecular weight is 314 g/mol. The van der Waals surface area contributed by atoms with Crippen LogP contribution in [0.1, 0.15) is 17.4 Å². The molecule has 1 aromatic heterocycles. The molecule has 1 rings (SSSR count). The lowest BCUT2D eigenvalue weighted by molar-refractivity contribution is -0.124. The van der Waals surface area contributed by atoms with Crippen LogP contribution in [0.15, 0.2) is 22.8 Å². The van der Waals surface area contributed by atoms with Crippen molar-refractivity contribution < 1.29 is 9.59 Å². The summed E-state index contributed by atoms with van der Waals surface area (Å²) in [6.45, 7) is 2.13. The highest BCUT2D eigenvalue weighted by Crippen LogP contribution is 2.09. The number of hydrogen-bond acceptors (Lipinski definition) is 3. The van der Waals surface area contributed by atoms with E-state index in [0.29, 0.717) is 12.2 Å². The Morgan fingerprint density at radius 2 is 2.17 bits per heavy atom. The van der Waals surface area contributed by atoms with Crippen LogP contribution in [-0.2, 0) is 4.79 Å². The third-order valence-electron chi connectivity index (χ3n) is 2.53. The molecule has 0 aliphatic rings. The van der Waals surface area contributed by atoms with Gasteiger partial charge in [0.15, 0.2) is 0 Å². The molecule has 0 aromatic carbocycles. The molecule has 2 amide bonds. The van der Waals surface area contributed by atoms with Gasteiger partial charge < -0.3 is 10.2 Å². The Bertz CT molecular complexity index is 433. The number of nitrogens with zero attached hydrogens (tertiary/aromatic N) is 2. The topological polar surface area (TPSA) is 62.3 Å². The summed E-state index contributed by atoms with van der Waals surface area (Å²) in [5.41, 5.74) is 0.366. The van der Waals surface area contributed by atoms with E-state index in [4.69, 9.17) is 0 Å². The molecule has 6 heteroatoms. The van der Waals surface area contributed by atoms with E-state index in [1.165, 1.54) is 4.90 Å². The van der Waals surface area contributed by atoms with Gasteiger partial charge in [0, 0.05) is 31.3 Å². The second kappa shape index (κ2) is 6.49. The molecular formula is C12H16BrN3O2. The van der Waals surface area contributed by atoms with Gasteiger partial charge in [-0.05, 0) is 28.1 Å². The molecule has 1 unspecified atom stereocenters. The molecule has 1 atom stereocenters. The molecule has 0 saturated carbocycles. The summed E-state index contributed by atoms with van der Waals surface area (Å²) in [4.78, 5) is 28.9. The minimum atomic E-state index is -0.251. The predicted octanol–water partition coefficient (Wildman–Crippen LogP) is 1.30. The number of amides is 2. The maximum Gasteiger partial charge on any atom is 0.272 e. The van der Waals surface area contributed by atoms with Crippen LogP contribution >= 0.6 is 15.9 Å². The number of rotatable bonds is 4. The zero-order chi connectivity index (χ0) is 13.7. The van der Waals surface area contributed by atoms with Gasteiger partial charge in [-0.2, -0.15) is 0 Å². The Kier molecular flexibility index (Phi) is 5.27. The molecular weight excluding hydrogens is 298 g/mol. The monoisotopic (exact) mass is 313 g/mol. The Labute approximate surface area is 115 Å². The fraction of sp³-hybridized carbons (Fsp3) is 0.417. The number of carbonyl (C=O) groups is 2. The van der Waals surface area contributed by atoms with Crippen molar-refractivity contribution in [3.8, 4) is 0 Å². The highest BCUT2D eigenvalue weighted by atomic mass is 79.9. The van der Waals surface area contributed by atoms with Gasteiger partial charge in [0.2, 0.25) is 5.91 Å². The normalized spacial score (nSPS) is 11.8. The van der Waals surface area contributed by atoms with Crippen molar-refractivity contribution in [1.29, 1.82) is 0 Å². The summed E-state index contributed by atoms with van der Waals surface area (Å²) in [7, 11) is 3.24. The van der Waals surface area contributed by atoms with Crippen LogP contribution in [0.2, 0.25) is 0 Å². The molecule has 1 N–H and O–H groups in total. The van der Waals surface area contributed by atoms with Crippen LogP contribution in [0.3, 0.4) is 0 Å². The first-order valence-electron chi connectivity index (χ1n) is 5.54. The zero-order valence-corrected chi connectivity index (χ0v) is 12.2. The van der Waals surface area contributed by atoms with Crippen molar-refractivity contribution in [2.24, 2.45) is 5.92 Å².